The minimum atomic E-state index is -0.323. The molecule has 4 heteroatoms. The Bertz CT molecular complexity index is 363. The van der Waals surface area contributed by atoms with Crippen molar-refractivity contribution in [2.24, 2.45) is 0 Å². The Kier molecular flexibility index (Phi) is 4.05. The Morgan fingerprint density at radius 3 is 2.25 bits per heavy atom. The van der Waals surface area contributed by atoms with Crippen LogP contribution in [-0.4, -0.2) is 30.4 Å². The van der Waals surface area contributed by atoms with Crippen LogP contribution in [0.1, 0.15) is 13.8 Å². The number of para-hydroxylation sites is 1. The average molecular weight is 220 g/mol. The van der Waals surface area contributed by atoms with E-state index in [0.29, 0.717) is 12.1 Å². The molecule has 0 radical (unpaired) electrons. The van der Waals surface area contributed by atoms with Gasteiger partial charge in [0.1, 0.15) is 0 Å². The van der Waals surface area contributed by atoms with Crippen LogP contribution in [0, 0.1) is 0 Å². The summed E-state index contributed by atoms with van der Waals surface area (Å²) in [6, 6.07) is 8.59. The highest BCUT2D eigenvalue weighted by Crippen LogP contribution is 2.13. The van der Waals surface area contributed by atoms with Gasteiger partial charge in [0, 0.05) is 13.1 Å². The van der Waals surface area contributed by atoms with Gasteiger partial charge in [0.05, 0.1) is 5.69 Å². The summed E-state index contributed by atoms with van der Waals surface area (Å²) >= 11 is 0. The fourth-order valence-electron chi connectivity index (χ4n) is 1.20. The molecule has 0 atom stereocenters. The number of anilines is 1. The first kappa shape index (κ1) is 12.2. The molecule has 1 aromatic carbocycles. The van der Waals surface area contributed by atoms with Crippen LogP contribution in [0.3, 0.4) is 0 Å². The molecule has 0 aliphatic rings. The summed E-state index contributed by atoms with van der Waals surface area (Å²) in [5.41, 5.74) is 0.579. The van der Waals surface area contributed by atoms with Crippen molar-refractivity contribution in [3.63, 3.8) is 0 Å². The molecule has 4 nitrogen and oxygen atoms in total. The molecule has 1 rings (SSSR count). The molecule has 0 heterocycles. The first-order valence-corrected chi connectivity index (χ1v) is 5.14. The number of rotatable bonds is 3. The number of imide groups is 1. The lowest BCUT2D eigenvalue weighted by Gasteiger charge is -2.26. The van der Waals surface area contributed by atoms with Gasteiger partial charge in [0.2, 0.25) is 6.41 Å². The number of hydrogen-bond donors (Lipinski definition) is 0. The molecule has 0 aromatic heterocycles. The SMILES string of the molecule is CC(C)N(C)C(=O)N(C=O)c1ccccc1. The van der Waals surface area contributed by atoms with Gasteiger partial charge in [0.25, 0.3) is 0 Å². The lowest BCUT2D eigenvalue weighted by Crippen LogP contribution is -2.43. The molecule has 3 amide bonds. The molecule has 0 unspecified atom stereocenters. The maximum atomic E-state index is 11.9. The first-order valence-electron chi connectivity index (χ1n) is 5.14. The molecule has 0 fully saturated rings. The number of carbonyl (C=O) groups is 2. The van der Waals surface area contributed by atoms with Crippen molar-refractivity contribution in [1.29, 1.82) is 0 Å². The third kappa shape index (κ3) is 2.59. The van der Waals surface area contributed by atoms with Gasteiger partial charge in [-0.2, -0.15) is 0 Å². The molecule has 0 N–H and O–H groups in total. The van der Waals surface area contributed by atoms with Crippen molar-refractivity contribution in [2.45, 2.75) is 19.9 Å². The first-order chi connectivity index (χ1) is 7.57. The molecule has 0 aliphatic carbocycles. The van der Waals surface area contributed by atoms with Gasteiger partial charge in [0.15, 0.2) is 0 Å². The third-order valence-corrected chi connectivity index (χ3v) is 2.42. The molecule has 0 spiro atoms. The Balaban J connectivity index is 2.92. The summed E-state index contributed by atoms with van der Waals surface area (Å²) in [4.78, 5) is 25.5. The predicted molar refractivity (Wildman–Crippen MR) is 63.3 cm³/mol. The van der Waals surface area contributed by atoms with Gasteiger partial charge in [-0.1, -0.05) is 18.2 Å². The maximum absolute atomic E-state index is 11.9. The lowest BCUT2D eigenvalue weighted by atomic mass is 10.3. The van der Waals surface area contributed by atoms with E-state index in [0.717, 1.165) is 4.90 Å². The van der Waals surface area contributed by atoms with E-state index in [1.807, 2.05) is 19.9 Å². The highest BCUT2D eigenvalue weighted by molar-refractivity contribution is 6.05. The van der Waals surface area contributed by atoms with E-state index in [4.69, 9.17) is 0 Å². The van der Waals surface area contributed by atoms with Crippen molar-refractivity contribution in [3.8, 4) is 0 Å². The Morgan fingerprint density at radius 1 is 1.25 bits per heavy atom. The van der Waals surface area contributed by atoms with Crippen molar-refractivity contribution < 1.29 is 9.59 Å². The van der Waals surface area contributed by atoms with Crippen molar-refractivity contribution in [1.82, 2.24) is 4.90 Å². The standard InChI is InChI=1S/C12H16N2O2/c1-10(2)13(3)12(16)14(9-15)11-7-5-4-6-8-11/h4-10H,1-3H3. The van der Waals surface area contributed by atoms with Crippen LogP contribution >= 0.6 is 0 Å². The summed E-state index contributed by atoms with van der Waals surface area (Å²) in [7, 11) is 1.67. The average Bonchev–Trinajstić information content (AvgIpc) is 2.30. The molecular weight excluding hydrogens is 204 g/mol. The topological polar surface area (TPSA) is 40.6 Å². The monoisotopic (exact) mass is 220 g/mol. The van der Waals surface area contributed by atoms with E-state index in [2.05, 4.69) is 0 Å². The van der Waals surface area contributed by atoms with E-state index < -0.39 is 0 Å². The minimum Gasteiger partial charge on any atom is -0.325 e. The molecule has 16 heavy (non-hydrogen) atoms. The normalized spacial score (nSPS) is 10.0. The van der Waals surface area contributed by atoms with Crippen LogP contribution < -0.4 is 4.90 Å². The number of hydrogen-bond acceptors (Lipinski definition) is 2. The van der Waals surface area contributed by atoms with Crippen molar-refractivity contribution in [2.75, 3.05) is 11.9 Å². The zero-order chi connectivity index (χ0) is 12.1. The minimum absolute atomic E-state index is 0.0543. The van der Waals surface area contributed by atoms with Crippen LogP contribution in [0.4, 0.5) is 10.5 Å². The second kappa shape index (κ2) is 5.30. The van der Waals surface area contributed by atoms with Crippen LogP contribution in [0.5, 0.6) is 0 Å². The quantitative estimate of drug-likeness (QED) is 0.732. The zero-order valence-corrected chi connectivity index (χ0v) is 9.75. The molecule has 86 valence electrons. The smallest absolute Gasteiger partial charge is 0.325 e. The molecule has 0 saturated heterocycles. The van der Waals surface area contributed by atoms with Gasteiger partial charge < -0.3 is 4.90 Å². The van der Waals surface area contributed by atoms with Gasteiger partial charge >= 0.3 is 6.03 Å². The number of benzene rings is 1. The lowest BCUT2D eigenvalue weighted by molar-refractivity contribution is -0.107. The third-order valence-electron chi connectivity index (χ3n) is 2.42. The fraction of sp³-hybridized carbons (Fsp3) is 0.333. The summed E-state index contributed by atoms with van der Waals surface area (Å²) < 4.78 is 0. The van der Waals surface area contributed by atoms with Crippen molar-refractivity contribution >= 4 is 18.1 Å². The number of nitrogens with zero attached hydrogens (tertiary/aromatic N) is 2. The molecule has 0 aliphatic heterocycles. The second-order valence-electron chi connectivity index (χ2n) is 3.80. The maximum Gasteiger partial charge on any atom is 0.331 e. The highest BCUT2D eigenvalue weighted by atomic mass is 16.2. The van der Waals surface area contributed by atoms with Gasteiger partial charge in [-0.15, -0.1) is 0 Å². The summed E-state index contributed by atoms with van der Waals surface area (Å²) in [5.74, 6) is 0. The zero-order valence-electron chi connectivity index (χ0n) is 9.75. The van der Waals surface area contributed by atoms with Crippen molar-refractivity contribution in [3.05, 3.63) is 30.3 Å². The Labute approximate surface area is 95.5 Å². The summed E-state index contributed by atoms with van der Waals surface area (Å²) in [5, 5.41) is 0. The Morgan fingerprint density at radius 2 is 1.81 bits per heavy atom. The molecule has 1 aromatic rings. The van der Waals surface area contributed by atoms with Crippen LogP contribution in [0.15, 0.2) is 30.3 Å². The van der Waals surface area contributed by atoms with E-state index in [9.17, 15) is 9.59 Å². The number of urea groups is 1. The summed E-state index contributed by atoms with van der Waals surface area (Å²) in [6.07, 6.45) is 0.538. The van der Waals surface area contributed by atoms with Gasteiger partial charge in [-0.3, -0.25) is 4.79 Å². The largest absolute Gasteiger partial charge is 0.331 e. The molecular formula is C12H16N2O2. The van der Waals surface area contributed by atoms with E-state index in [-0.39, 0.29) is 12.1 Å². The molecule has 0 bridgehead atoms. The van der Waals surface area contributed by atoms with Gasteiger partial charge in [-0.05, 0) is 26.0 Å². The highest BCUT2D eigenvalue weighted by Gasteiger charge is 2.20. The van der Waals surface area contributed by atoms with E-state index in [1.165, 1.54) is 4.90 Å². The summed E-state index contributed by atoms with van der Waals surface area (Å²) in [6.45, 7) is 3.79. The molecule has 0 saturated carbocycles. The number of amides is 3. The van der Waals surface area contributed by atoms with E-state index >= 15 is 0 Å². The van der Waals surface area contributed by atoms with Crippen LogP contribution in [0.2, 0.25) is 0 Å². The van der Waals surface area contributed by atoms with Crippen LogP contribution in [-0.2, 0) is 4.79 Å². The van der Waals surface area contributed by atoms with Gasteiger partial charge in [-0.25, -0.2) is 9.69 Å². The Hall–Kier alpha value is -1.84. The predicted octanol–water partition coefficient (Wildman–Crippen LogP) is 2.11. The van der Waals surface area contributed by atoms with Crippen LogP contribution in [0.25, 0.3) is 0 Å². The second-order valence-corrected chi connectivity index (χ2v) is 3.80. The fourth-order valence-corrected chi connectivity index (χ4v) is 1.20. The van der Waals surface area contributed by atoms with E-state index in [1.54, 1.807) is 31.3 Å². The number of carbonyl (C=O) groups excluding carboxylic acids is 2.